The molecule has 0 aromatic carbocycles. The minimum absolute atomic E-state index is 0.314. The van der Waals surface area contributed by atoms with Crippen LogP contribution in [-0.2, 0) is 15.9 Å². The third-order valence-electron chi connectivity index (χ3n) is 3.80. The fourth-order valence-corrected chi connectivity index (χ4v) is 3.38. The molecule has 0 saturated carbocycles. The van der Waals surface area contributed by atoms with Crippen LogP contribution in [0.3, 0.4) is 0 Å². The molecule has 8 heteroatoms. The lowest BCUT2D eigenvalue weighted by atomic mass is 10.2. The number of halogens is 2. The summed E-state index contributed by atoms with van der Waals surface area (Å²) >= 11 is 7.04. The number of aromatic amines is 2. The van der Waals surface area contributed by atoms with Gasteiger partial charge in [0.15, 0.2) is 0 Å². The summed E-state index contributed by atoms with van der Waals surface area (Å²) in [7, 11) is 0. The van der Waals surface area contributed by atoms with Crippen molar-refractivity contribution in [3.63, 3.8) is 0 Å². The molecule has 0 aliphatic rings. The molecular formula is C17H20Br2N2O4. The number of carbonyl (C=O) groups is 2. The lowest BCUT2D eigenvalue weighted by molar-refractivity contribution is 0.0510. The smallest absolute Gasteiger partial charge is 0.355 e. The Balaban J connectivity index is 2.34. The van der Waals surface area contributed by atoms with Crippen molar-refractivity contribution < 1.29 is 19.1 Å². The fourth-order valence-electron chi connectivity index (χ4n) is 2.51. The Kier molecular flexibility index (Phi) is 6.51. The molecule has 0 aliphatic heterocycles. The van der Waals surface area contributed by atoms with Crippen molar-refractivity contribution >= 4 is 43.8 Å². The molecule has 0 atom stereocenters. The van der Waals surface area contributed by atoms with Crippen molar-refractivity contribution in [2.75, 3.05) is 13.2 Å². The van der Waals surface area contributed by atoms with E-state index >= 15 is 0 Å². The van der Waals surface area contributed by atoms with Crippen molar-refractivity contribution in [3.8, 4) is 0 Å². The number of esters is 2. The van der Waals surface area contributed by atoms with Gasteiger partial charge >= 0.3 is 11.9 Å². The standard InChI is InChI=1S/C17H20Br2N2O4/c1-5-24-16(22)14-8(3)12(18)10(20-14)7-11-13(19)9(4)15(21-11)17(23)25-6-2/h20-21H,5-7H2,1-4H3. The van der Waals surface area contributed by atoms with Crippen LogP contribution in [0.15, 0.2) is 8.95 Å². The number of carbonyl (C=O) groups excluding carboxylic acids is 2. The first-order valence-corrected chi connectivity index (χ1v) is 9.48. The van der Waals surface area contributed by atoms with E-state index in [0.717, 1.165) is 31.5 Å². The number of H-pyrrole nitrogens is 2. The maximum atomic E-state index is 12.0. The molecule has 0 radical (unpaired) electrons. The van der Waals surface area contributed by atoms with E-state index in [4.69, 9.17) is 9.47 Å². The van der Waals surface area contributed by atoms with Gasteiger partial charge in [-0.15, -0.1) is 0 Å². The van der Waals surface area contributed by atoms with Crippen LogP contribution in [0, 0.1) is 13.8 Å². The number of rotatable bonds is 6. The van der Waals surface area contributed by atoms with Gasteiger partial charge in [-0.3, -0.25) is 0 Å². The summed E-state index contributed by atoms with van der Waals surface area (Å²) in [6, 6.07) is 0. The molecule has 2 aromatic rings. The first kappa shape index (κ1) is 19.8. The van der Waals surface area contributed by atoms with Crippen molar-refractivity contribution in [3.05, 3.63) is 42.8 Å². The summed E-state index contributed by atoms with van der Waals surface area (Å²) in [5.41, 5.74) is 4.07. The zero-order chi connectivity index (χ0) is 18.7. The molecule has 0 bridgehead atoms. The second-order valence-electron chi connectivity index (χ2n) is 5.45. The van der Waals surface area contributed by atoms with E-state index in [9.17, 15) is 9.59 Å². The molecule has 0 unspecified atom stereocenters. The molecule has 0 amide bonds. The summed E-state index contributed by atoms with van der Waals surface area (Å²) in [6.07, 6.45) is 0.474. The largest absolute Gasteiger partial charge is 0.461 e. The van der Waals surface area contributed by atoms with Crippen LogP contribution in [0.4, 0.5) is 0 Å². The lowest BCUT2D eigenvalue weighted by Gasteiger charge is -2.01. The monoisotopic (exact) mass is 474 g/mol. The number of hydrogen-bond donors (Lipinski definition) is 2. The Morgan fingerprint density at radius 2 is 1.20 bits per heavy atom. The second kappa shape index (κ2) is 8.23. The highest BCUT2D eigenvalue weighted by Gasteiger charge is 2.23. The molecule has 2 rings (SSSR count). The predicted molar refractivity (Wildman–Crippen MR) is 101 cm³/mol. The summed E-state index contributed by atoms with van der Waals surface area (Å²) in [6.45, 7) is 7.84. The number of aromatic nitrogens is 2. The highest BCUT2D eigenvalue weighted by molar-refractivity contribution is 9.11. The van der Waals surface area contributed by atoms with E-state index in [1.807, 2.05) is 13.8 Å². The van der Waals surface area contributed by atoms with E-state index < -0.39 is 0 Å². The average molecular weight is 476 g/mol. The first-order valence-electron chi connectivity index (χ1n) is 7.89. The minimum Gasteiger partial charge on any atom is -0.461 e. The van der Waals surface area contributed by atoms with E-state index in [2.05, 4.69) is 41.8 Å². The molecule has 0 fully saturated rings. The van der Waals surface area contributed by atoms with Gasteiger partial charge in [-0.2, -0.15) is 0 Å². The van der Waals surface area contributed by atoms with Crippen LogP contribution in [-0.4, -0.2) is 35.1 Å². The van der Waals surface area contributed by atoms with Crippen molar-refractivity contribution in [1.29, 1.82) is 0 Å². The number of hydrogen-bond acceptors (Lipinski definition) is 4. The molecule has 136 valence electrons. The Labute approximate surface area is 162 Å². The topological polar surface area (TPSA) is 84.2 Å². The minimum atomic E-state index is -0.388. The summed E-state index contributed by atoms with van der Waals surface area (Å²) in [5, 5.41) is 0. The van der Waals surface area contributed by atoms with Gasteiger partial charge < -0.3 is 19.4 Å². The summed E-state index contributed by atoms with van der Waals surface area (Å²) in [4.78, 5) is 30.3. The van der Waals surface area contributed by atoms with Crippen LogP contribution in [0.5, 0.6) is 0 Å². The van der Waals surface area contributed by atoms with Gasteiger partial charge in [-0.05, 0) is 70.7 Å². The molecule has 0 spiro atoms. The third kappa shape index (κ3) is 4.00. The molecule has 25 heavy (non-hydrogen) atoms. The Bertz CT molecular complexity index is 742. The van der Waals surface area contributed by atoms with Gasteiger partial charge in [0, 0.05) is 26.8 Å². The normalized spacial score (nSPS) is 10.8. The highest BCUT2D eigenvalue weighted by Crippen LogP contribution is 2.31. The number of nitrogens with one attached hydrogen (secondary N) is 2. The highest BCUT2D eigenvalue weighted by atomic mass is 79.9. The quantitative estimate of drug-likeness (QED) is 0.605. The van der Waals surface area contributed by atoms with E-state index in [1.165, 1.54) is 0 Å². The molecule has 6 nitrogen and oxygen atoms in total. The Morgan fingerprint density at radius 1 is 0.840 bits per heavy atom. The maximum absolute atomic E-state index is 12.0. The average Bonchev–Trinajstić information content (AvgIpc) is 3.01. The molecular weight excluding hydrogens is 456 g/mol. The molecule has 0 aliphatic carbocycles. The predicted octanol–water partition coefficient (Wildman–Crippen LogP) is 4.43. The van der Waals surface area contributed by atoms with Gasteiger partial charge in [0.2, 0.25) is 0 Å². The van der Waals surface area contributed by atoms with Gasteiger partial charge in [-0.1, -0.05) is 0 Å². The van der Waals surface area contributed by atoms with Gasteiger partial charge in [0.25, 0.3) is 0 Å². The molecule has 2 heterocycles. The SMILES string of the molecule is CCOC(=O)c1[nH]c(Cc2[nH]c(C(=O)OCC)c(C)c2Br)c(Br)c1C. The fraction of sp³-hybridized carbons (Fsp3) is 0.412. The Morgan fingerprint density at radius 3 is 1.52 bits per heavy atom. The van der Waals surface area contributed by atoms with E-state index in [-0.39, 0.29) is 11.9 Å². The van der Waals surface area contributed by atoms with Gasteiger partial charge in [0.1, 0.15) is 11.4 Å². The lowest BCUT2D eigenvalue weighted by Crippen LogP contribution is -2.07. The molecule has 0 saturated heterocycles. The van der Waals surface area contributed by atoms with Crippen molar-refractivity contribution in [2.45, 2.75) is 34.1 Å². The van der Waals surface area contributed by atoms with Crippen LogP contribution in [0.25, 0.3) is 0 Å². The van der Waals surface area contributed by atoms with Crippen LogP contribution in [0.1, 0.15) is 57.3 Å². The summed E-state index contributed by atoms with van der Waals surface area (Å²) in [5.74, 6) is -0.776. The van der Waals surface area contributed by atoms with E-state index in [1.54, 1.807) is 13.8 Å². The van der Waals surface area contributed by atoms with E-state index in [0.29, 0.717) is 31.0 Å². The van der Waals surface area contributed by atoms with Crippen molar-refractivity contribution in [1.82, 2.24) is 9.97 Å². The Hall–Kier alpha value is -1.54. The van der Waals surface area contributed by atoms with Crippen LogP contribution in [0.2, 0.25) is 0 Å². The van der Waals surface area contributed by atoms with Crippen LogP contribution < -0.4 is 0 Å². The molecule has 2 N–H and O–H groups in total. The van der Waals surface area contributed by atoms with Gasteiger partial charge in [0.05, 0.1) is 13.2 Å². The maximum Gasteiger partial charge on any atom is 0.355 e. The third-order valence-corrected chi connectivity index (χ3v) is 5.95. The second-order valence-corrected chi connectivity index (χ2v) is 7.04. The first-order chi connectivity index (χ1) is 11.8. The van der Waals surface area contributed by atoms with Crippen molar-refractivity contribution in [2.24, 2.45) is 0 Å². The zero-order valence-electron chi connectivity index (χ0n) is 14.5. The van der Waals surface area contributed by atoms with Crippen LogP contribution >= 0.6 is 31.9 Å². The zero-order valence-corrected chi connectivity index (χ0v) is 17.7. The summed E-state index contributed by atoms with van der Waals surface area (Å²) < 4.78 is 11.8. The van der Waals surface area contributed by atoms with Gasteiger partial charge in [-0.25, -0.2) is 9.59 Å². The number of ether oxygens (including phenoxy) is 2. The molecule has 2 aromatic heterocycles.